The molecule has 1 aromatic carbocycles. The Morgan fingerprint density at radius 1 is 1.41 bits per heavy atom. The van der Waals surface area contributed by atoms with Crippen molar-refractivity contribution in [1.82, 2.24) is 4.98 Å². The minimum absolute atomic E-state index is 0.241. The van der Waals surface area contributed by atoms with Crippen molar-refractivity contribution in [2.24, 2.45) is 0 Å². The average Bonchev–Trinajstić information content (AvgIpc) is 2.78. The molecule has 0 aliphatic rings. The number of aromatic nitrogens is 1. The van der Waals surface area contributed by atoms with Gasteiger partial charge in [-0.15, -0.1) is 11.3 Å². The second-order valence-electron chi connectivity index (χ2n) is 3.60. The van der Waals surface area contributed by atoms with E-state index in [2.05, 4.69) is 16.9 Å². The molecule has 3 nitrogen and oxygen atoms in total. The molecule has 1 N–H and O–H groups in total. The summed E-state index contributed by atoms with van der Waals surface area (Å²) in [6.07, 6.45) is 1.23. The molecule has 0 radical (unpaired) electrons. The molecule has 1 heterocycles. The fourth-order valence-corrected chi connectivity index (χ4v) is 2.07. The van der Waals surface area contributed by atoms with E-state index in [9.17, 15) is 4.79 Å². The number of aryl methyl sites for hydroxylation is 1. The lowest BCUT2D eigenvalue weighted by Gasteiger charge is -1.97. The first-order chi connectivity index (χ1) is 8.19. The summed E-state index contributed by atoms with van der Waals surface area (Å²) in [6.45, 7) is 5.44. The number of nitrogens with one attached hydrogen (secondary N) is 1. The molecule has 0 aliphatic heterocycles. The smallest absolute Gasteiger partial charge is 0.249 e. The van der Waals surface area contributed by atoms with E-state index in [1.807, 2.05) is 36.6 Å². The maximum absolute atomic E-state index is 11.1. The van der Waals surface area contributed by atoms with Crippen molar-refractivity contribution in [3.05, 3.63) is 47.9 Å². The third-order valence-corrected chi connectivity index (χ3v) is 3.02. The van der Waals surface area contributed by atoms with E-state index in [1.165, 1.54) is 23.0 Å². The minimum atomic E-state index is -0.241. The van der Waals surface area contributed by atoms with Crippen molar-refractivity contribution in [1.29, 1.82) is 0 Å². The Morgan fingerprint density at radius 2 is 2.12 bits per heavy atom. The summed E-state index contributed by atoms with van der Waals surface area (Å²) in [5, 5.41) is 5.15. The van der Waals surface area contributed by atoms with Gasteiger partial charge < -0.3 is 0 Å². The molecule has 0 atom stereocenters. The lowest BCUT2D eigenvalue weighted by atomic mass is 10.1. The number of carbonyl (C=O) groups excluding carboxylic acids is 1. The van der Waals surface area contributed by atoms with Gasteiger partial charge in [-0.2, -0.15) is 0 Å². The lowest BCUT2D eigenvalue weighted by molar-refractivity contribution is -0.111. The summed E-state index contributed by atoms with van der Waals surface area (Å²) in [5.41, 5.74) is 3.13. The Kier molecular flexibility index (Phi) is 3.35. The molecule has 4 heteroatoms. The maximum atomic E-state index is 11.1. The molecule has 0 spiro atoms. The van der Waals surface area contributed by atoms with Gasteiger partial charge in [0, 0.05) is 10.9 Å². The molecular weight excluding hydrogens is 232 g/mol. The first kappa shape index (κ1) is 11.5. The standard InChI is InChI=1S/C13H12N2OS/c1-3-12(16)15-13-14-11(8-17-13)10-6-4-9(2)5-7-10/h3-8H,1H2,2H3,(H,14,15,16). The Labute approximate surface area is 104 Å². The summed E-state index contributed by atoms with van der Waals surface area (Å²) >= 11 is 1.40. The zero-order chi connectivity index (χ0) is 12.3. The second-order valence-corrected chi connectivity index (χ2v) is 4.46. The van der Waals surface area contributed by atoms with Gasteiger partial charge in [-0.3, -0.25) is 10.1 Å². The highest BCUT2D eigenvalue weighted by Gasteiger charge is 2.05. The van der Waals surface area contributed by atoms with Gasteiger partial charge in [0.05, 0.1) is 5.69 Å². The predicted molar refractivity (Wildman–Crippen MR) is 71.1 cm³/mol. The van der Waals surface area contributed by atoms with Crippen LogP contribution in [-0.4, -0.2) is 10.9 Å². The summed E-state index contributed by atoms with van der Waals surface area (Å²) in [5.74, 6) is -0.241. The van der Waals surface area contributed by atoms with Gasteiger partial charge in [0.25, 0.3) is 0 Å². The van der Waals surface area contributed by atoms with Crippen molar-refractivity contribution in [2.45, 2.75) is 6.92 Å². The molecule has 2 aromatic rings. The number of hydrogen-bond acceptors (Lipinski definition) is 3. The zero-order valence-corrected chi connectivity index (χ0v) is 10.3. The molecule has 17 heavy (non-hydrogen) atoms. The first-order valence-electron chi connectivity index (χ1n) is 5.15. The summed E-state index contributed by atoms with van der Waals surface area (Å²) in [6, 6.07) is 8.11. The molecular formula is C13H12N2OS. The Morgan fingerprint density at radius 3 is 2.76 bits per heavy atom. The van der Waals surface area contributed by atoms with Crippen molar-refractivity contribution in [3.8, 4) is 11.3 Å². The number of carbonyl (C=O) groups is 1. The molecule has 1 amide bonds. The van der Waals surface area contributed by atoms with E-state index < -0.39 is 0 Å². The van der Waals surface area contributed by atoms with Gasteiger partial charge in [0.15, 0.2) is 5.13 Å². The van der Waals surface area contributed by atoms with Crippen LogP contribution in [-0.2, 0) is 4.79 Å². The number of nitrogens with zero attached hydrogens (tertiary/aromatic N) is 1. The van der Waals surface area contributed by atoms with Crippen LogP contribution in [0, 0.1) is 6.92 Å². The van der Waals surface area contributed by atoms with Gasteiger partial charge in [0.1, 0.15) is 0 Å². The van der Waals surface area contributed by atoms with E-state index in [4.69, 9.17) is 0 Å². The summed E-state index contributed by atoms with van der Waals surface area (Å²) in [4.78, 5) is 15.4. The Bertz CT molecular complexity index is 543. The highest BCUT2D eigenvalue weighted by molar-refractivity contribution is 7.14. The van der Waals surface area contributed by atoms with Crippen molar-refractivity contribution >= 4 is 22.4 Å². The highest BCUT2D eigenvalue weighted by Crippen LogP contribution is 2.24. The van der Waals surface area contributed by atoms with E-state index in [0.717, 1.165) is 11.3 Å². The minimum Gasteiger partial charge on any atom is -0.298 e. The van der Waals surface area contributed by atoms with Gasteiger partial charge in [0.2, 0.25) is 5.91 Å². The maximum Gasteiger partial charge on any atom is 0.249 e. The lowest BCUT2D eigenvalue weighted by Crippen LogP contribution is -2.06. The van der Waals surface area contributed by atoms with Crippen LogP contribution < -0.4 is 5.32 Å². The summed E-state index contributed by atoms with van der Waals surface area (Å²) < 4.78 is 0. The molecule has 0 fully saturated rings. The average molecular weight is 244 g/mol. The molecule has 2 rings (SSSR count). The van der Waals surface area contributed by atoms with Gasteiger partial charge in [-0.1, -0.05) is 36.4 Å². The fraction of sp³-hybridized carbons (Fsp3) is 0.0769. The van der Waals surface area contributed by atoms with E-state index in [-0.39, 0.29) is 5.91 Å². The summed E-state index contributed by atoms with van der Waals surface area (Å²) in [7, 11) is 0. The number of amides is 1. The number of rotatable bonds is 3. The molecule has 0 saturated heterocycles. The van der Waals surface area contributed by atoms with Crippen LogP contribution in [0.1, 0.15) is 5.56 Å². The molecule has 0 aliphatic carbocycles. The van der Waals surface area contributed by atoms with Crippen LogP contribution >= 0.6 is 11.3 Å². The SMILES string of the molecule is C=CC(=O)Nc1nc(-c2ccc(C)cc2)cs1. The predicted octanol–water partition coefficient (Wildman–Crippen LogP) is 3.24. The van der Waals surface area contributed by atoms with Crippen molar-refractivity contribution in [3.63, 3.8) is 0 Å². The van der Waals surface area contributed by atoms with Gasteiger partial charge >= 0.3 is 0 Å². The highest BCUT2D eigenvalue weighted by atomic mass is 32.1. The Balaban J connectivity index is 2.20. The normalized spacial score (nSPS) is 9.94. The van der Waals surface area contributed by atoms with Crippen LogP contribution in [0.2, 0.25) is 0 Å². The van der Waals surface area contributed by atoms with Crippen LogP contribution in [0.5, 0.6) is 0 Å². The largest absolute Gasteiger partial charge is 0.298 e. The Hall–Kier alpha value is -1.94. The third-order valence-electron chi connectivity index (χ3n) is 2.27. The third kappa shape index (κ3) is 2.79. The van der Waals surface area contributed by atoms with Crippen LogP contribution in [0.25, 0.3) is 11.3 Å². The molecule has 1 aromatic heterocycles. The number of thiazole rings is 1. The van der Waals surface area contributed by atoms with E-state index >= 15 is 0 Å². The van der Waals surface area contributed by atoms with Crippen LogP contribution in [0.3, 0.4) is 0 Å². The molecule has 0 bridgehead atoms. The number of hydrogen-bond donors (Lipinski definition) is 1. The number of anilines is 1. The zero-order valence-electron chi connectivity index (χ0n) is 9.43. The van der Waals surface area contributed by atoms with E-state index in [0.29, 0.717) is 5.13 Å². The number of benzene rings is 1. The van der Waals surface area contributed by atoms with Crippen LogP contribution in [0.4, 0.5) is 5.13 Å². The van der Waals surface area contributed by atoms with Crippen LogP contribution in [0.15, 0.2) is 42.3 Å². The molecule has 86 valence electrons. The van der Waals surface area contributed by atoms with Gasteiger partial charge in [-0.05, 0) is 13.0 Å². The topological polar surface area (TPSA) is 42.0 Å². The van der Waals surface area contributed by atoms with E-state index in [1.54, 1.807) is 0 Å². The van der Waals surface area contributed by atoms with Gasteiger partial charge in [-0.25, -0.2) is 4.98 Å². The fourth-order valence-electron chi connectivity index (χ4n) is 1.34. The second kappa shape index (κ2) is 4.93. The van der Waals surface area contributed by atoms with Crippen molar-refractivity contribution in [2.75, 3.05) is 5.32 Å². The molecule has 0 unspecified atom stereocenters. The van der Waals surface area contributed by atoms with Crippen molar-refractivity contribution < 1.29 is 4.79 Å². The molecule has 0 saturated carbocycles. The quantitative estimate of drug-likeness (QED) is 0.842. The monoisotopic (exact) mass is 244 g/mol. The first-order valence-corrected chi connectivity index (χ1v) is 6.03.